The van der Waals surface area contributed by atoms with Crippen LogP contribution in [0.5, 0.6) is 0 Å². The van der Waals surface area contributed by atoms with Crippen LogP contribution in [0.1, 0.15) is 48.0 Å². The van der Waals surface area contributed by atoms with E-state index in [-0.39, 0.29) is 5.91 Å². The zero-order chi connectivity index (χ0) is 17.5. The highest BCUT2D eigenvalue weighted by molar-refractivity contribution is 6.13. The third-order valence-corrected chi connectivity index (χ3v) is 5.27. The van der Waals surface area contributed by atoms with Crippen LogP contribution in [0.2, 0.25) is 0 Å². The SMILES string of the molecule is O=C1N=Cc2cc(-c3cnc(NC4CCCCC4)c4nccn34)ccc21. The summed E-state index contributed by atoms with van der Waals surface area (Å²) in [5.74, 6) is 0.660. The van der Waals surface area contributed by atoms with Gasteiger partial charge in [0.05, 0.1) is 17.5 Å². The molecule has 0 atom stereocenters. The van der Waals surface area contributed by atoms with Crippen LogP contribution in [0.25, 0.3) is 16.9 Å². The lowest BCUT2D eigenvalue weighted by atomic mass is 9.95. The second-order valence-corrected chi connectivity index (χ2v) is 6.96. The van der Waals surface area contributed by atoms with E-state index < -0.39 is 0 Å². The first-order valence-electron chi connectivity index (χ1n) is 9.11. The van der Waals surface area contributed by atoms with Gasteiger partial charge in [-0.2, -0.15) is 0 Å². The average Bonchev–Trinajstić information content (AvgIpc) is 3.30. The molecule has 0 unspecified atom stereocenters. The number of nitrogens with zero attached hydrogens (tertiary/aromatic N) is 4. The van der Waals surface area contributed by atoms with E-state index in [9.17, 15) is 4.79 Å². The van der Waals surface area contributed by atoms with Crippen molar-refractivity contribution in [2.45, 2.75) is 38.1 Å². The summed E-state index contributed by atoms with van der Waals surface area (Å²) in [5, 5.41) is 3.58. The molecule has 1 N–H and O–H groups in total. The Morgan fingerprint density at radius 2 is 2.00 bits per heavy atom. The third-order valence-electron chi connectivity index (χ3n) is 5.27. The van der Waals surface area contributed by atoms with Crippen molar-refractivity contribution >= 4 is 23.6 Å². The van der Waals surface area contributed by atoms with Gasteiger partial charge in [0.15, 0.2) is 11.5 Å². The lowest BCUT2D eigenvalue weighted by Gasteiger charge is -2.23. The molecule has 0 bridgehead atoms. The quantitative estimate of drug-likeness (QED) is 0.785. The standard InChI is InChI=1S/C20H19N5O/c26-20-16-7-6-13(10-14(16)11-23-20)17-12-22-18(19-21-8-9-25(17)19)24-15-4-2-1-3-5-15/h6-12,15H,1-5H2,(H,22,24). The van der Waals surface area contributed by atoms with Crippen molar-refractivity contribution < 1.29 is 4.79 Å². The van der Waals surface area contributed by atoms with E-state index in [1.807, 2.05) is 35.0 Å². The molecule has 3 aromatic rings. The van der Waals surface area contributed by atoms with E-state index in [2.05, 4.69) is 20.3 Å². The van der Waals surface area contributed by atoms with Crippen molar-refractivity contribution in [2.75, 3.05) is 5.32 Å². The summed E-state index contributed by atoms with van der Waals surface area (Å²) >= 11 is 0. The van der Waals surface area contributed by atoms with Crippen LogP contribution in [-0.2, 0) is 0 Å². The molecule has 1 aliphatic carbocycles. The Bertz CT molecular complexity index is 1030. The second-order valence-electron chi connectivity index (χ2n) is 6.96. The van der Waals surface area contributed by atoms with Gasteiger partial charge in [0.1, 0.15) is 0 Å². The van der Waals surface area contributed by atoms with E-state index in [4.69, 9.17) is 0 Å². The molecule has 130 valence electrons. The highest BCUT2D eigenvalue weighted by atomic mass is 16.1. The molecular formula is C20H19N5O. The number of rotatable bonds is 3. The number of carbonyl (C=O) groups is 1. The first kappa shape index (κ1) is 15.3. The van der Waals surface area contributed by atoms with Crippen molar-refractivity contribution in [1.29, 1.82) is 0 Å². The normalized spacial score (nSPS) is 17.0. The van der Waals surface area contributed by atoms with Gasteiger partial charge in [-0.3, -0.25) is 9.20 Å². The Balaban J connectivity index is 1.54. The van der Waals surface area contributed by atoms with Gasteiger partial charge in [-0.1, -0.05) is 25.3 Å². The Kier molecular flexibility index (Phi) is 3.55. The van der Waals surface area contributed by atoms with Crippen LogP contribution in [-0.4, -0.2) is 32.5 Å². The number of carbonyl (C=O) groups excluding carboxylic acids is 1. The zero-order valence-corrected chi connectivity index (χ0v) is 14.4. The van der Waals surface area contributed by atoms with Crippen molar-refractivity contribution in [3.05, 3.63) is 47.9 Å². The fourth-order valence-electron chi connectivity index (χ4n) is 3.90. The van der Waals surface area contributed by atoms with Crippen LogP contribution in [0, 0.1) is 0 Å². The summed E-state index contributed by atoms with van der Waals surface area (Å²) in [4.78, 5) is 24.7. The fraction of sp³-hybridized carbons (Fsp3) is 0.300. The third kappa shape index (κ3) is 2.49. The lowest BCUT2D eigenvalue weighted by molar-refractivity contribution is 0.101. The van der Waals surface area contributed by atoms with Gasteiger partial charge in [-0.25, -0.2) is 15.0 Å². The van der Waals surface area contributed by atoms with Gasteiger partial charge in [-0.15, -0.1) is 0 Å². The molecule has 1 fully saturated rings. The topological polar surface area (TPSA) is 71.7 Å². The number of nitrogens with one attached hydrogen (secondary N) is 1. The van der Waals surface area contributed by atoms with Crippen LogP contribution in [0.3, 0.4) is 0 Å². The summed E-state index contributed by atoms with van der Waals surface area (Å²) in [5.41, 5.74) is 4.27. The summed E-state index contributed by atoms with van der Waals surface area (Å²) in [6.07, 6.45) is 13.5. The molecule has 6 heteroatoms. The summed E-state index contributed by atoms with van der Waals surface area (Å²) in [6.45, 7) is 0. The molecule has 1 aliphatic heterocycles. The summed E-state index contributed by atoms with van der Waals surface area (Å²) < 4.78 is 2.05. The predicted octanol–water partition coefficient (Wildman–Crippen LogP) is 3.71. The van der Waals surface area contributed by atoms with E-state index in [1.165, 1.54) is 32.1 Å². The van der Waals surface area contributed by atoms with E-state index in [1.54, 1.807) is 12.4 Å². The molecule has 5 rings (SSSR count). The zero-order valence-electron chi connectivity index (χ0n) is 14.4. The number of amides is 1. The molecule has 1 aromatic carbocycles. The van der Waals surface area contributed by atoms with Gasteiger partial charge in [0, 0.05) is 35.8 Å². The van der Waals surface area contributed by atoms with Crippen LogP contribution >= 0.6 is 0 Å². The van der Waals surface area contributed by atoms with E-state index in [0.717, 1.165) is 28.3 Å². The number of hydrogen-bond donors (Lipinski definition) is 1. The maximum absolute atomic E-state index is 11.7. The molecule has 6 nitrogen and oxygen atoms in total. The van der Waals surface area contributed by atoms with Crippen LogP contribution < -0.4 is 5.32 Å². The number of benzene rings is 1. The molecule has 1 amide bonds. The number of aromatic nitrogens is 3. The van der Waals surface area contributed by atoms with Crippen LogP contribution in [0.15, 0.2) is 41.8 Å². The molecule has 2 aromatic heterocycles. The Labute approximate surface area is 151 Å². The molecule has 2 aliphatic rings. The fourth-order valence-corrected chi connectivity index (χ4v) is 3.90. The van der Waals surface area contributed by atoms with Crippen molar-refractivity contribution in [3.63, 3.8) is 0 Å². The molecule has 0 spiro atoms. The number of fused-ring (bicyclic) bond motifs is 2. The van der Waals surface area contributed by atoms with Crippen molar-refractivity contribution in [1.82, 2.24) is 14.4 Å². The van der Waals surface area contributed by atoms with Gasteiger partial charge in [0.25, 0.3) is 5.91 Å². The van der Waals surface area contributed by atoms with Gasteiger partial charge in [0.2, 0.25) is 0 Å². The van der Waals surface area contributed by atoms with Crippen molar-refractivity contribution in [3.8, 4) is 11.3 Å². The Morgan fingerprint density at radius 1 is 1.12 bits per heavy atom. The number of imidazole rings is 1. The molecule has 3 heterocycles. The largest absolute Gasteiger partial charge is 0.364 e. The first-order valence-corrected chi connectivity index (χ1v) is 9.11. The second kappa shape index (κ2) is 6.05. The summed E-state index contributed by atoms with van der Waals surface area (Å²) in [6, 6.07) is 6.23. The smallest absolute Gasteiger partial charge is 0.277 e. The van der Waals surface area contributed by atoms with Gasteiger partial charge in [-0.05, 0) is 25.0 Å². The maximum atomic E-state index is 11.7. The number of anilines is 1. The lowest BCUT2D eigenvalue weighted by Crippen LogP contribution is -2.23. The minimum absolute atomic E-state index is 0.176. The average molecular weight is 345 g/mol. The first-order chi connectivity index (χ1) is 12.8. The molecular weight excluding hydrogens is 326 g/mol. The maximum Gasteiger partial charge on any atom is 0.277 e. The number of hydrogen-bond acceptors (Lipinski definition) is 4. The molecule has 0 saturated heterocycles. The Hall–Kier alpha value is -3.02. The molecule has 1 saturated carbocycles. The van der Waals surface area contributed by atoms with E-state index >= 15 is 0 Å². The van der Waals surface area contributed by atoms with Gasteiger partial charge >= 0.3 is 0 Å². The predicted molar refractivity (Wildman–Crippen MR) is 101 cm³/mol. The highest BCUT2D eigenvalue weighted by Crippen LogP contribution is 2.28. The molecule has 26 heavy (non-hydrogen) atoms. The van der Waals surface area contributed by atoms with Crippen LogP contribution in [0.4, 0.5) is 5.82 Å². The highest BCUT2D eigenvalue weighted by Gasteiger charge is 2.19. The monoisotopic (exact) mass is 345 g/mol. The van der Waals surface area contributed by atoms with Gasteiger partial charge < -0.3 is 5.32 Å². The minimum Gasteiger partial charge on any atom is -0.364 e. The van der Waals surface area contributed by atoms with Crippen molar-refractivity contribution in [2.24, 2.45) is 4.99 Å². The number of aliphatic imine (C=N–C) groups is 1. The van der Waals surface area contributed by atoms with E-state index in [0.29, 0.717) is 11.6 Å². The summed E-state index contributed by atoms with van der Waals surface area (Å²) in [7, 11) is 0. The minimum atomic E-state index is -0.176. The Morgan fingerprint density at radius 3 is 2.88 bits per heavy atom. The molecule has 0 radical (unpaired) electrons.